The highest BCUT2D eigenvalue weighted by Gasteiger charge is 2.24. The maximum Gasteiger partial charge on any atom is 0.263 e. The van der Waals surface area contributed by atoms with Gasteiger partial charge in [0.15, 0.2) is 17.3 Å². The normalized spacial score (nSPS) is 13.8. The van der Waals surface area contributed by atoms with Crippen molar-refractivity contribution in [2.75, 3.05) is 27.3 Å². The van der Waals surface area contributed by atoms with E-state index in [0.29, 0.717) is 52.2 Å². The second-order valence-corrected chi connectivity index (χ2v) is 7.93. The van der Waals surface area contributed by atoms with Gasteiger partial charge in [-0.05, 0) is 50.5 Å². The quantitative estimate of drug-likeness (QED) is 0.570. The van der Waals surface area contributed by atoms with Crippen LogP contribution in [0.4, 0.5) is 0 Å². The number of hydrogen-bond acceptors (Lipinski definition) is 5. The van der Waals surface area contributed by atoms with Crippen molar-refractivity contribution >= 4 is 22.5 Å². The zero-order valence-corrected chi connectivity index (χ0v) is 18.5. The molecule has 2 heterocycles. The minimum Gasteiger partial charge on any atom is -0.493 e. The van der Waals surface area contributed by atoms with Gasteiger partial charge in [0.05, 0.1) is 25.2 Å². The molecule has 0 saturated carbocycles. The molecule has 7 heteroatoms. The Hall–Kier alpha value is -3.61. The first-order valence-electron chi connectivity index (χ1n) is 10.7. The zero-order valence-electron chi connectivity index (χ0n) is 18.5. The molecule has 4 rings (SSSR count). The van der Waals surface area contributed by atoms with E-state index in [1.54, 1.807) is 42.6 Å². The number of fused-ring (bicyclic) bond motifs is 1. The maximum absolute atomic E-state index is 13.5. The molecule has 2 aromatic carbocycles. The number of likely N-dealkylation sites (tertiary alicyclic amines) is 1. The third-order valence-electron chi connectivity index (χ3n) is 5.93. The number of amides is 1. The second-order valence-electron chi connectivity index (χ2n) is 7.93. The number of benzene rings is 2. The maximum atomic E-state index is 13.5. The molecule has 0 aliphatic carbocycles. The van der Waals surface area contributed by atoms with Crippen molar-refractivity contribution in [3.8, 4) is 17.2 Å². The molecule has 1 aliphatic heterocycles. The molecule has 1 aliphatic rings. The van der Waals surface area contributed by atoms with Crippen LogP contribution in [0.3, 0.4) is 0 Å². The van der Waals surface area contributed by atoms with Crippen molar-refractivity contribution in [1.82, 2.24) is 9.47 Å². The highest BCUT2D eigenvalue weighted by atomic mass is 16.5. The van der Waals surface area contributed by atoms with Gasteiger partial charge < -0.3 is 14.4 Å². The Bertz CT molecular complexity index is 1260. The van der Waals surface area contributed by atoms with Gasteiger partial charge >= 0.3 is 0 Å². The Kier molecular flexibility index (Phi) is 5.99. The molecule has 0 bridgehead atoms. The average molecular weight is 434 g/mol. The summed E-state index contributed by atoms with van der Waals surface area (Å²) < 4.78 is 12.3. The van der Waals surface area contributed by atoms with Crippen molar-refractivity contribution in [3.63, 3.8) is 0 Å². The molecule has 1 amide bonds. The van der Waals surface area contributed by atoms with E-state index >= 15 is 0 Å². The molecule has 0 radical (unpaired) electrons. The van der Waals surface area contributed by atoms with E-state index in [2.05, 4.69) is 0 Å². The van der Waals surface area contributed by atoms with Crippen molar-refractivity contribution in [2.24, 2.45) is 0 Å². The lowest BCUT2D eigenvalue weighted by Gasteiger charge is -2.27. The van der Waals surface area contributed by atoms with Gasteiger partial charge in [-0.1, -0.05) is 12.1 Å². The standard InChI is InChI=1S/C25H26N2O5/c1-16(28)17-8-7-9-18(12-17)27-15-21(24(29)26-10-5-4-6-11-26)19-13-22(31-2)23(32-3)14-20(19)25(27)30/h7-9,12-15H,4-6,10-11H2,1-3H3. The molecule has 0 spiro atoms. The summed E-state index contributed by atoms with van der Waals surface area (Å²) in [5.74, 6) is 0.627. The van der Waals surface area contributed by atoms with Gasteiger partial charge in [0, 0.05) is 35.9 Å². The fourth-order valence-corrected chi connectivity index (χ4v) is 4.17. The van der Waals surface area contributed by atoms with Gasteiger partial charge in [-0.2, -0.15) is 0 Å². The van der Waals surface area contributed by atoms with Crippen molar-refractivity contribution in [3.05, 3.63) is 64.1 Å². The largest absolute Gasteiger partial charge is 0.493 e. The van der Waals surface area contributed by atoms with Crippen LogP contribution >= 0.6 is 0 Å². The van der Waals surface area contributed by atoms with Crippen molar-refractivity contribution in [2.45, 2.75) is 26.2 Å². The Morgan fingerprint density at radius 2 is 1.56 bits per heavy atom. The number of ether oxygens (including phenoxy) is 2. The van der Waals surface area contributed by atoms with Crippen LogP contribution in [-0.4, -0.2) is 48.5 Å². The summed E-state index contributed by atoms with van der Waals surface area (Å²) >= 11 is 0. The van der Waals surface area contributed by atoms with E-state index < -0.39 is 0 Å². The Morgan fingerprint density at radius 3 is 2.19 bits per heavy atom. The number of carbonyl (C=O) groups is 2. The summed E-state index contributed by atoms with van der Waals surface area (Å²) in [6.07, 6.45) is 4.60. The molecule has 0 unspecified atom stereocenters. The molecular formula is C25H26N2O5. The van der Waals surface area contributed by atoms with E-state index in [1.807, 2.05) is 4.90 Å². The number of Topliss-reactive ketones (excluding diaryl/α,β-unsaturated/α-hetero) is 1. The van der Waals surface area contributed by atoms with Crippen molar-refractivity contribution < 1.29 is 19.1 Å². The van der Waals surface area contributed by atoms with Crippen LogP contribution in [0.1, 0.15) is 46.9 Å². The van der Waals surface area contributed by atoms with Crippen LogP contribution in [0.25, 0.3) is 16.5 Å². The number of hydrogen-bond donors (Lipinski definition) is 0. The third-order valence-corrected chi connectivity index (χ3v) is 5.93. The van der Waals surface area contributed by atoms with Crippen LogP contribution < -0.4 is 15.0 Å². The summed E-state index contributed by atoms with van der Waals surface area (Å²) in [5.41, 5.74) is 1.12. The molecule has 166 valence electrons. The first-order valence-corrected chi connectivity index (χ1v) is 10.7. The molecule has 32 heavy (non-hydrogen) atoms. The highest BCUT2D eigenvalue weighted by Crippen LogP contribution is 2.33. The molecule has 1 aromatic heterocycles. The van der Waals surface area contributed by atoms with Gasteiger partial charge in [0.2, 0.25) is 0 Å². The summed E-state index contributed by atoms with van der Waals surface area (Å²) in [4.78, 5) is 40.7. The highest BCUT2D eigenvalue weighted by molar-refractivity contribution is 6.07. The van der Waals surface area contributed by atoms with Crippen LogP contribution in [-0.2, 0) is 0 Å². The molecule has 7 nitrogen and oxygen atoms in total. The van der Waals surface area contributed by atoms with Crippen molar-refractivity contribution in [1.29, 1.82) is 0 Å². The smallest absolute Gasteiger partial charge is 0.263 e. The van der Waals surface area contributed by atoms with Gasteiger partial charge in [0.1, 0.15) is 0 Å². The second kappa shape index (κ2) is 8.86. The number of nitrogens with zero attached hydrogens (tertiary/aromatic N) is 2. The van der Waals surface area contributed by atoms with Crippen LogP contribution in [0.2, 0.25) is 0 Å². The minimum absolute atomic E-state index is 0.100. The average Bonchev–Trinajstić information content (AvgIpc) is 2.83. The predicted octanol–water partition coefficient (Wildman–Crippen LogP) is 3.84. The van der Waals surface area contributed by atoms with E-state index in [1.165, 1.54) is 25.7 Å². The lowest BCUT2D eigenvalue weighted by Crippen LogP contribution is -2.36. The van der Waals surface area contributed by atoms with Gasteiger partial charge in [-0.3, -0.25) is 19.0 Å². The topological polar surface area (TPSA) is 77.8 Å². The van der Waals surface area contributed by atoms with E-state index in [4.69, 9.17) is 9.47 Å². The number of methoxy groups -OCH3 is 2. The van der Waals surface area contributed by atoms with Crippen LogP contribution in [0.5, 0.6) is 11.5 Å². The van der Waals surface area contributed by atoms with Crippen LogP contribution in [0, 0.1) is 0 Å². The lowest BCUT2D eigenvalue weighted by molar-refractivity contribution is 0.0725. The summed E-state index contributed by atoms with van der Waals surface area (Å²) in [7, 11) is 3.02. The zero-order chi connectivity index (χ0) is 22.8. The van der Waals surface area contributed by atoms with E-state index in [-0.39, 0.29) is 17.2 Å². The first kappa shape index (κ1) is 21.6. The Morgan fingerprint density at radius 1 is 0.906 bits per heavy atom. The van der Waals surface area contributed by atoms with E-state index in [0.717, 1.165) is 19.3 Å². The number of aromatic nitrogens is 1. The van der Waals surface area contributed by atoms with Gasteiger partial charge in [-0.25, -0.2) is 0 Å². The van der Waals surface area contributed by atoms with Gasteiger partial charge in [-0.15, -0.1) is 0 Å². The third kappa shape index (κ3) is 3.86. The Labute approximate surface area is 186 Å². The lowest BCUT2D eigenvalue weighted by atomic mass is 10.0. The molecule has 0 atom stereocenters. The number of carbonyl (C=O) groups excluding carboxylic acids is 2. The molecular weight excluding hydrogens is 408 g/mol. The number of piperidine rings is 1. The Balaban J connectivity index is 2.00. The summed E-state index contributed by atoms with van der Waals surface area (Å²) in [6, 6.07) is 10.1. The predicted molar refractivity (Wildman–Crippen MR) is 122 cm³/mol. The molecule has 3 aromatic rings. The minimum atomic E-state index is -0.308. The fourth-order valence-electron chi connectivity index (χ4n) is 4.17. The van der Waals surface area contributed by atoms with Gasteiger partial charge in [0.25, 0.3) is 11.5 Å². The van der Waals surface area contributed by atoms with E-state index in [9.17, 15) is 14.4 Å². The first-order chi connectivity index (χ1) is 15.4. The SMILES string of the molecule is COc1cc2c(C(=O)N3CCCCC3)cn(-c3cccc(C(C)=O)c3)c(=O)c2cc1OC. The van der Waals surface area contributed by atoms with Crippen LogP contribution in [0.15, 0.2) is 47.4 Å². The monoisotopic (exact) mass is 434 g/mol. The molecule has 1 saturated heterocycles. The number of rotatable bonds is 5. The molecule has 0 N–H and O–H groups in total. The number of ketones is 1. The molecule has 1 fully saturated rings. The summed E-state index contributed by atoms with van der Waals surface area (Å²) in [5, 5.41) is 0.862. The fraction of sp³-hybridized carbons (Fsp3) is 0.320. The number of pyridine rings is 1. The summed E-state index contributed by atoms with van der Waals surface area (Å²) in [6.45, 7) is 2.85.